The van der Waals surface area contributed by atoms with Gasteiger partial charge in [-0.25, -0.2) is 0 Å². The lowest BCUT2D eigenvalue weighted by Gasteiger charge is -2.09. The summed E-state index contributed by atoms with van der Waals surface area (Å²) in [6.07, 6.45) is 0.122. The van der Waals surface area contributed by atoms with Crippen LogP contribution in [0.3, 0.4) is 0 Å². The van der Waals surface area contributed by atoms with Crippen molar-refractivity contribution < 1.29 is 14.6 Å². The van der Waals surface area contributed by atoms with Gasteiger partial charge in [0, 0.05) is 5.02 Å². The number of rotatable bonds is 5. The van der Waals surface area contributed by atoms with Crippen LogP contribution in [0.1, 0.15) is 6.42 Å². The molecule has 0 spiro atoms. The lowest BCUT2D eigenvalue weighted by Crippen LogP contribution is -2.15. The van der Waals surface area contributed by atoms with Gasteiger partial charge in [-0.05, 0) is 30.3 Å². The van der Waals surface area contributed by atoms with E-state index in [-0.39, 0.29) is 30.4 Å². The zero-order chi connectivity index (χ0) is 15.2. The van der Waals surface area contributed by atoms with Crippen molar-refractivity contribution in [3.63, 3.8) is 0 Å². The first kappa shape index (κ1) is 15.5. The summed E-state index contributed by atoms with van der Waals surface area (Å²) in [5.74, 6) is 0.192. The first-order valence-electron chi connectivity index (χ1n) is 6.22. The van der Waals surface area contributed by atoms with Gasteiger partial charge >= 0.3 is 0 Å². The maximum absolute atomic E-state index is 11.8. The minimum absolute atomic E-state index is 0.0419. The molecule has 4 nitrogen and oxygen atoms in total. The van der Waals surface area contributed by atoms with Crippen LogP contribution in [0.2, 0.25) is 10.0 Å². The van der Waals surface area contributed by atoms with Crippen molar-refractivity contribution in [2.45, 2.75) is 6.42 Å². The van der Waals surface area contributed by atoms with E-state index in [4.69, 9.17) is 27.9 Å². The summed E-state index contributed by atoms with van der Waals surface area (Å²) in [5.41, 5.74) is 0.269. The highest BCUT2D eigenvalue weighted by atomic mass is 35.5. The molecular weight excluding hydrogens is 313 g/mol. The molecule has 0 heterocycles. The Hall–Kier alpha value is -1.91. The number of ether oxygens (including phenoxy) is 1. The Balaban J connectivity index is 1.85. The lowest BCUT2D eigenvalue weighted by molar-refractivity contribution is -0.116. The zero-order valence-corrected chi connectivity index (χ0v) is 12.5. The van der Waals surface area contributed by atoms with Gasteiger partial charge in [0.1, 0.15) is 11.5 Å². The Morgan fingerprint density at radius 2 is 1.95 bits per heavy atom. The van der Waals surface area contributed by atoms with Gasteiger partial charge < -0.3 is 15.2 Å². The first-order chi connectivity index (χ1) is 10.1. The molecule has 0 bridgehead atoms. The molecule has 0 saturated carbocycles. The highest BCUT2D eigenvalue weighted by molar-refractivity contribution is 6.32. The summed E-state index contributed by atoms with van der Waals surface area (Å²) < 4.78 is 5.42. The summed E-state index contributed by atoms with van der Waals surface area (Å²) in [6.45, 7) is 0.177. The van der Waals surface area contributed by atoms with Gasteiger partial charge in [0.2, 0.25) is 5.91 Å². The second kappa shape index (κ2) is 7.20. The number of halogens is 2. The number of carbonyl (C=O) groups excluding carboxylic acids is 1. The topological polar surface area (TPSA) is 58.6 Å². The number of hydrogen-bond acceptors (Lipinski definition) is 3. The zero-order valence-electron chi connectivity index (χ0n) is 11.0. The molecular formula is C15H13Cl2NO3. The largest absolute Gasteiger partial charge is 0.506 e. The smallest absolute Gasteiger partial charge is 0.227 e. The molecule has 0 aromatic heterocycles. The molecule has 0 radical (unpaired) electrons. The number of nitrogens with one attached hydrogen (secondary N) is 1. The number of anilines is 1. The van der Waals surface area contributed by atoms with Gasteiger partial charge in [0.25, 0.3) is 0 Å². The fourth-order valence-electron chi connectivity index (χ4n) is 1.64. The molecule has 2 N–H and O–H groups in total. The Morgan fingerprint density at radius 3 is 2.71 bits per heavy atom. The summed E-state index contributed by atoms with van der Waals surface area (Å²) >= 11 is 11.7. The molecule has 0 fully saturated rings. The van der Waals surface area contributed by atoms with Crippen LogP contribution >= 0.6 is 23.2 Å². The molecule has 0 saturated heterocycles. The van der Waals surface area contributed by atoms with Crippen LogP contribution in [0.4, 0.5) is 5.69 Å². The quantitative estimate of drug-likeness (QED) is 0.813. The molecule has 6 heteroatoms. The summed E-state index contributed by atoms with van der Waals surface area (Å²) in [5, 5.41) is 13.1. The highest BCUT2D eigenvalue weighted by Gasteiger charge is 2.08. The second-order valence-corrected chi connectivity index (χ2v) is 5.08. The predicted molar refractivity (Wildman–Crippen MR) is 83.3 cm³/mol. The monoisotopic (exact) mass is 325 g/mol. The Bertz CT molecular complexity index is 647. The van der Waals surface area contributed by atoms with Crippen molar-refractivity contribution in [1.29, 1.82) is 0 Å². The molecule has 0 unspecified atom stereocenters. The lowest BCUT2D eigenvalue weighted by atomic mass is 10.3. The van der Waals surface area contributed by atoms with Gasteiger partial charge in [-0.15, -0.1) is 0 Å². The summed E-state index contributed by atoms with van der Waals surface area (Å²) in [4.78, 5) is 11.8. The van der Waals surface area contributed by atoms with E-state index in [1.54, 1.807) is 24.3 Å². The van der Waals surface area contributed by atoms with Crippen molar-refractivity contribution >= 4 is 34.8 Å². The molecule has 1 amide bonds. The Morgan fingerprint density at radius 1 is 1.19 bits per heavy atom. The van der Waals surface area contributed by atoms with Gasteiger partial charge in [-0.1, -0.05) is 35.3 Å². The van der Waals surface area contributed by atoms with Gasteiger partial charge in [0.15, 0.2) is 0 Å². The maximum Gasteiger partial charge on any atom is 0.227 e. The van der Waals surface area contributed by atoms with Crippen molar-refractivity contribution in [3.05, 3.63) is 52.5 Å². The Kier molecular flexibility index (Phi) is 5.31. The van der Waals surface area contributed by atoms with Gasteiger partial charge in [0.05, 0.1) is 23.7 Å². The van der Waals surface area contributed by atoms with Crippen molar-refractivity contribution in [2.24, 2.45) is 0 Å². The van der Waals surface area contributed by atoms with Crippen LogP contribution < -0.4 is 10.1 Å². The molecule has 21 heavy (non-hydrogen) atoms. The molecule has 2 aromatic carbocycles. The fraction of sp³-hybridized carbons (Fsp3) is 0.133. The normalized spacial score (nSPS) is 10.2. The van der Waals surface area contributed by atoms with E-state index in [2.05, 4.69) is 5.32 Å². The van der Waals surface area contributed by atoms with Crippen LogP contribution in [0, 0.1) is 0 Å². The van der Waals surface area contributed by atoms with Crippen LogP contribution in [-0.4, -0.2) is 17.6 Å². The molecule has 110 valence electrons. The molecule has 0 aliphatic rings. The third kappa shape index (κ3) is 4.55. The van der Waals surface area contributed by atoms with E-state index in [0.717, 1.165) is 0 Å². The number of phenolic OH excluding ortho intramolecular Hbond substituents is 1. The van der Waals surface area contributed by atoms with E-state index >= 15 is 0 Å². The third-order valence-electron chi connectivity index (χ3n) is 2.66. The number of para-hydroxylation sites is 1. The number of phenols is 1. The second-order valence-electron chi connectivity index (χ2n) is 4.24. The SMILES string of the molecule is O=C(CCOc1ccccc1Cl)Nc1cc(Cl)ccc1O. The van der Waals surface area contributed by atoms with Crippen molar-refractivity contribution in [3.8, 4) is 11.5 Å². The highest BCUT2D eigenvalue weighted by Crippen LogP contribution is 2.27. The van der Waals surface area contributed by atoms with Crippen molar-refractivity contribution in [1.82, 2.24) is 0 Å². The van der Waals surface area contributed by atoms with E-state index in [9.17, 15) is 9.90 Å². The molecule has 0 aliphatic heterocycles. The predicted octanol–water partition coefficient (Wildman–Crippen LogP) is 4.11. The standard InChI is InChI=1S/C15H13Cl2NO3/c16-10-5-6-13(19)12(9-10)18-15(20)7-8-21-14-4-2-1-3-11(14)17/h1-6,9,19H,7-8H2,(H,18,20). The minimum Gasteiger partial charge on any atom is -0.506 e. The number of amides is 1. The number of aromatic hydroxyl groups is 1. The van der Waals surface area contributed by atoms with Gasteiger partial charge in [-0.2, -0.15) is 0 Å². The van der Waals surface area contributed by atoms with E-state index < -0.39 is 0 Å². The summed E-state index contributed by atoms with van der Waals surface area (Å²) in [7, 11) is 0. The fourth-order valence-corrected chi connectivity index (χ4v) is 2.00. The number of carbonyl (C=O) groups is 1. The average Bonchev–Trinajstić information content (AvgIpc) is 2.45. The molecule has 2 rings (SSSR count). The first-order valence-corrected chi connectivity index (χ1v) is 6.97. The molecule has 2 aromatic rings. The average molecular weight is 326 g/mol. The summed E-state index contributed by atoms with van der Waals surface area (Å²) in [6, 6.07) is 11.5. The van der Waals surface area contributed by atoms with Crippen LogP contribution in [0.15, 0.2) is 42.5 Å². The third-order valence-corrected chi connectivity index (χ3v) is 3.20. The van der Waals surface area contributed by atoms with Crippen LogP contribution in [-0.2, 0) is 4.79 Å². The van der Waals surface area contributed by atoms with E-state index in [1.165, 1.54) is 18.2 Å². The Labute approximate surface area is 132 Å². The van der Waals surface area contributed by atoms with Crippen molar-refractivity contribution in [2.75, 3.05) is 11.9 Å². The van der Waals surface area contributed by atoms with E-state index in [0.29, 0.717) is 15.8 Å². The molecule has 0 aliphatic carbocycles. The number of hydrogen-bond donors (Lipinski definition) is 2. The number of benzene rings is 2. The van der Waals surface area contributed by atoms with Gasteiger partial charge in [-0.3, -0.25) is 4.79 Å². The van der Waals surface area contributed by atoms with Crippen LogP contribution in [0.25, 0.3) is 0 Å². The maximum atomic E-state index is 11.8. The minimum atomic E-state index is -0.292. The van der Waals surface area contributed by atoms with E-state index in [1.807, 2.05) is 0 Å². The van der Waals surface area contributed by atoms with Crippen LogP contribution in [0.5, 0.6) is 11.5 Å². The molecule has 0 atom stereocenters.